The summed E-state index contributed by atoms with van der Waals surface area (Å²) < 4.78 is 4.60. The molecule has 7 heteroatoms. The first-order valence-corrected chi connectivity index (χ1v) is 7.37. The molecule has 0 fully saturated rings. The summed E-state index contributed by atoms with van der Waals surface area (Å²) in [4.78, 5) is 26.0. The smallest absolute Gasteiger partial charge is 0.303 e. The summed E-state index contributed by atoms with van der Waals surface area (Å²) in [6.45, 7) is 0.873. The van der Waals surface area contributed by atoms with Gasteiger partial charge in [-0.15, -0.1) is 0 Å². The molecule has 1 aromatic carbocycles. The summed E-state index contributed by atoms with van der Waals surface area (Å²) in [6.07, 6.45) is 3.45. The molecular weight excluding hydrogens is 290 g/mol. The van der Waals surface area contributed by atoms with E-state index in [-0.39, 0.29) is 6.61 Å². The van der Waals surface area contributed by atoms with Crippen LogP contribution in [0.15, 0.2) is 40.4 Å². The molecule has 0 unspecified atom stereocenters. The summed E-state index contributed by atoms with van der Waals surface area (Å²) in [7, 11) is 1.69. The molecule has 0 saturated carbocycles. The summed E-state index contributed by atoms with van der Waals surface area (Å²) in [6, 6.07) is 9.57. The Morgan fingerprint density at radius 2 is 2.00 bits per heavy atom. The average Bonchev–Trinajstić information content (AvgIpc) is 2.49. The minimum atomic E-state index is -0.531. The van der Waals surface area contributed by atoms with Crippen LogP contribution in [0.1, 0.15) is 12.5 Å². The van der Waals surface area contributed by atoms with Gasteiger partial charge in [0.15, 0.2) is 11.8 Å². The molecule has 0 aromatic heterocycles. The van der Waals surface area contributed by atoms with Crippen LogP contribution in [0.3, 0.4) is 0 Å². The van der Waals surface area contributed by atoms with Crippen molar-refractivity contribution >= 4 is 35.0 Å². The number of nitrogens with zero attached hydrogens (tertiary/aromatic N) is 3. The zero-order valence-electron chi connectivity index (χ0n) is 12.1. The van der Waals surface area contributed by atoms with Gasteiger partial charge in [-0.2, -0.15) is 10.1 Å². The largest absolute Gasteiger partial charge is 0.456 e. The zero-order chi connectivity index (χ0) is 15.7. The van der Waals surface area contributed by atoms with E-state index < -0.39 is 11.9 Å². The van der Waals surface area contributed by atoms with Gasteiger partial charge in [0.05, 0.1) is 6.21 Å². The Morgan fingerprint density at radius 3 is 2.57 bits per heavy atom. The second-order valence-corrected chi connectivity index (χ2v) is 4.72. The van der Waals surface area contributed by atoms with Gasteiger partial charge < -0.3 is 4.74 Å². The number of hydrazone groups is 1. The van der Waals surface area contributed by atoms with Crippen molar-refractivity contribution in [3.8, 4) is 0 Å². The second kappa shape index (κ2) is 8.91. The maximum Gasteiger partial charge on any atom is 0.303 e. The van der Waals surface area contributed by atoms with Gasteiger partial charge in [-0.25, -0.2) is 5.01 Å². The van der Waals surface area contributed by atoms with Gasteiger partial charge in [0, 0.05) is 14.0 Å². The summed E-state index contributed by atoms with van der Waals surface area (Å²) in [5.74, 6) is -1.05. The summed E-state index contributed by atoms with van der Waals surface area (Å²) >= 11 is 1.28. The number of esters is 1. The Kier molecular flexibility index (Phi) is 7.17. The third-order valence-electron chi connectivity index (χ3n) is 2.26. The molecular formula is C14H17N3O3S. The third-order valence-corrected chi connectivity index (χ3v) is 2.98. The number of rotatable bonds is 4. The Morgan fingerprint density at radius 1 is 1.33 bits per heavy atom. The van der Waals surface area contributed by atoms with Gasteiger partial charge in [-0.3, -0.25) is 9.59 Å². The number of hydrogen-bond acceptors (Lipinski definition) is 5. The molecule has 0 aliphatic carbocycles. The highest BCUT2D eigenvalue weighted by Crippen LogP contribution is 2.05. The highest BCUT2D eigenvalue weighted by molar-refractivity contribution is 8.13. The highest BCUT2D eigenvalue weighted by atomic mass is 32.2. The van der Waals surface area contributed by atoms with Crippen LogP contribution < -0.4 is 0 Å². The molecule has 1 aromatic rings. The lowest BCUT2D eigenvalue weighted by atomic mass is 10.2. The number of benzene rings is 1. The molecule has 1 rings (SSSR count). The van der Waals surface area contributed by atoms with Gasteiger partial charge in [0.25, 0.3) is 5.91 Å². The molecule has 0 aliphatic rings. The van der Waals surface area contributed by atoms with E-state index in [0.29, 0.717) is 5.17 Å². The number of aliphatic imine (C=N–C) groups is 1. The van der Waals surface area contributed by atoms with E-state index in [1.807, 2.05) is 30.3 Å². The maximum atomic E-state index is 11.5. The fourth-order valence-corrected chi connectivity index (χ4v) is 1.80. The number of ether oxygens (including phenoxy) is 1. The van der Waals surface area contributed by atoms with E-state index in [0.717, 1.165) is 5.56 Å². The first-order valence-electron chi connectivity index (χ1n) is 6.14. The van der Waals surface area contributed by atoms with Crippen LogP contribution >= 0.6 is 11.8 Å². The third kappa shape index (κ3) is 6.71. The maximum absolute atomic E-state index is 11.5. The van der Waals surface area contributed by atoms with Gasteiger partial charge in [-0.1, -0.05) is 42.1 Å². The molecule has 0 bridgehead atoms. The highest BCUT2D eigenvalue weighted by Gasteiger charge is 2.08. The van der Waals surface area contributed by atoms with Crippen molar-refractivity contribution in [3.63, 3.8) is 0 Å². The number of amides is 1. The number of thioether (sulfide) groups is 1. The normalized spacial score (nSPS) is 11.5. The quantitative estimate of drug-likeness (QED) is 0.367. The predicted octanol–water partition coefficient (Wildman–Crippen LogP) is 1.76. The molecule has 0 heterocycles. The minimum Gasteiger partial charge on any atom is -0.456 e. The average molecular weight is 307 g/mol. The van der Waals surface area contributed by atoms with E-state index in [2.05, 4.69) is 14.8 Å². The predicted molar refractivity (Wildman–Crippen MR) is 84.4 cm³/mol. The zero-order valence-corrected chi connectivity index (χ0v) is 13.0. The van der Waals surface area contributed by atoms with Crippen LogP contribution in [0.5, 0.6) is 0 Å². The van der Waals surface area contributed by atoms with Crippen molar-refractivity contribution in [2.45, 2.75) is 6.92 Å². The van der Waals surface area contributed by atoms with Crippen LogP contribution in [0, 0.1) is 0 Å². The molecule has 21 heavy (non-hydrogen) atoms. The standard InChI is InChI=1S/C14H17N3O3S/c1-11(18)20-10-13(19)16-14(21-3)17(2)15-9-12-7-5-4-6-8-12/h4-9H,10H2,1-3H3. The Labute approximate surface area is 127 Å². The fourth-order valence-electron chi connectivity index (χ4n) is 1.29. The van der Waals surface area contributed by atoms with Gasteiger partial charge >= 0.3 is 5.97 Å². The SMILES string of the molecule is CSC(=NC(=O)COC(C)=O)N(C)N=Cc1ccccc1. The second-order valence-electron chi connectivity index (χ2n) is 3.95. The fraction of sp³-hybridized carbons (Fsp3) is 0.286. The van der Waals surface area contributed by atoms with Crippen LogP contribution in [0.25, 0.3) is 0 Å². The lowest BCUT2D eigenvalue weighted by molar-refractivity contribution is -0.145. The van der Waals surface area contributed by atoms with Crippen LogP contribution in [-0.2, 0) is 14.3 Å². The molecule has 0 atom stereocenters. The topological polar surface area (TPSA) is 71.3 Å². The summed E-state index contributed by atoms with van der Waals surface area (Å²) in [5, 5.41) is 6.12. The van der Waals surface area contributed by atoms with E-state index in [1.54, 1.807) is 19.5 Å². The molecule has 0 N–H and O–H groups in total. The van der Waals surface area contributed by atoms with Gasteiger partial charge in [-0.05, 0) is 11.8 Å². The Balaban J connectivity index is 2.68. The van der Waals surface area contributed by atoms with Crippen molar-refractivity contribution in [2.24, 2.45) is 10.1 Å². The van der Waals surface area contributed by atoms with E-state index in [4.69, 9.17) is 0 Å². The lowest BCUT2D eigenvalue weighted by Gasteiger charge is -2.12. The molecule has 0 radical (unpaired) electrons. The van der Waals surface area contributed by atoms with Crippen molar-refractivity contribution in [1.82, 2.24) is 5.01 Å². The monoisotopic (exact) mass is 307 g/mol. The number of carbonyl (C=O) groups is 2. The lowest BCUT2D eigenvalue weighted by Crippen LogP contribution is -2.21. The number of hydrogen-bond donors (Lipinski definition) is 0. The van der Waals surface area contributed by atoms with Crippen LogP contribution in [0.4, 0.5) is 0 Å². The molecule has 112 valence electrons. The molecule has 0 spiro atoms. The molecule has 1 amide bonds. The van der Waals surface area contributed by atoms with Crippen molar-refractivity contribution < 1.29 is 14.3 Å². The van der Waals surface area contributed by atoms with E-state index in [9.17, 15) is 9.59 Å². The van der Waals surface area contributed by atoms with E-state index >= 15 is 0 Å². The van der Waals surface area contributed by atoms with Gasteiger partial charge in [0.2, 0.25) is 0 Å². The first-order chi connectivity index (χ1) is 10.0. The molecule has 0 aliphatic heterocycles. The molecule has 0 saturated heterocycles. The minimum absolute atomic E-state index is 0.365. The Bertz CT molecular complexity index is 544. The summed E-state index contributed by atoms with van der Waals surface area (Å²) in [5.41, 5.74) is 0.941. The number of carbonyl (C=O) groups excluding carboxylic acids is 2. The van der Waals surface area contributed by atoms with Crippen LogP contribution in [0.2, 0.25) is 0 Å². The number of amidine groups is 1. The van der Waals surface area contributed by atoms with Crippen LogP contribution in [-0.4, -0.2) is 48.2 Å². The van der Waals surface area contributed by atoms with Gasteiger partial charge in [0.1, 0.15) is 0 Å². The first kappa shape index (κ1) is 16.9. The Hall–Kier alpha value is -2.15. The van der Waals surface area contributed by atoms with Crippen molar-refractivity contribution in [2.75, 3.05) is 19.9 Å². The van der Waals surface area contributed by atoms with Crippen molar-refractivity contribution in [1.29, 1.82) is 0 Å². The van der Waals surface area contributed by atoms with E-state index in [1.165, 1.54) is 23.7 Å². The van der Waals surface area contributed by atoms with Crippen molar-refractivity contribution in [3.05, 3.63) is 35.9 Å². The molecule has 6 nitrogen and oxygen atoms in total.